The number of nitrogens with zero attached hydrogens (tertiary/aromatic N) is 3. The van der Waals surface area contributed by atoms with Gasteiger partial charge in [-0.05, 0) is 12.1 Å². The third-order valence-corrected chi connectivity index (χ3v) is 3.20. The summed E-state index contributed by atoms with van der Waals surface area (Å²) in [5.41, 5.74) is 2.13. The number of aliphatic hydroxyl groups is 1. The summed E-state index contributed by atoms with van der Waals surface area (Å²) in [6.07, 6.45) is -0.649. The van der Waals surface area contributed by atoms with Crippen LogP contribution in [0.3, 0.4) is 0 Å². The summed E-state index contributed by atoms with van der Waals surface area (Å²) in [5, 5.41) is 15.6. The molecule has 1 aromatic heterocycles. The third kappa shape index (κ3) is 1.92. The Morgan fingerprint density at radius 3 is 3.12 bits per heavy atom. The summed E-state index contributed by atoms with van der Waals surface area (Å²) in [6, 6.07) is 3.56. The van der Waals surface area contributed by atoms with E-state index >= 15 is 0 Å². The normalized spacial score (nSPS) is 19.2. The lowest BCUT2D eigenvalue weighted by molar-refractivity contribution is 0.179. The van der Waals surface area contributed by atoms with Crippen LogP contribution >= 0.6 is 23.3 Å². The van der Waals surface area contributed by atoms with Gasteiger partial charge in [0.2, 0.25) is 0 Å². The van der Waals surface area contributed by atoms with E-state index in [2.05, 4.69) is 24.4 Å². The SMILES string of the molecule is OC1CN=C(Nc2c(Cl)ccc3nsnc23)N1. The molecule has 1 aliphatic heterocycles. The molecule has 1 atom stereocenters. The van der Waals surface area contributed by atoms with Gasteiger partial charge < -0.3 is 15.7 Å². The smallest absolute Gasteiger partial charge is 0.198 e. The van der Waals surface area contributed by atoms with Gasteiger partial charge >= 0.3 is 0 Å². The maximum Gasteiger partial charge on any atom is 0.198 e. The molecule has 0 radical (unpaired) electrons. The van der Waals surface area contributed by atoms with Crippen LogP contribution in [0, 0.1) is 0 Å². The van der Waals surface area contributed by atoms with Crippen LogP contribution in [0.25, 0.3) is 11.0 Å². The fourth-order valence-electron chi connectivity index (χ4n) is 1.57. The number of hydrogen-bond donors (Lipinski definition) is 3. The standard InChI is InChI=1S/C9H8ClN5OS/c10-4-1-2-5-8(15-17-14-5)7(4)13-9-11-3-6(16)12-9/h1-2,6,16H,3H2,(H2,11,12,13). The molecular weight excluding hydrogens is 262 g/mol. The van der Waals surface area contributed by atoms with Crippen LogP contribution in [-0.4, -0.2) is 32.6 Å². The Balaban J connectivity index is 1.99. The minimum Gasteiger partial charge on any atom is -0.372 e. The van der Waals surface area contributed by atoms with E-state index in [-0.39, 0.29) is 0 Å². The molecule has 0 saturated carbocycles. The first-order valence-corrected chi connectivity index (χ1v) is 6.02. The molecule has 0 saturated heterocycles. The van der Waals surface area contributed by atoms with Gasteiger partial charge in [-0.3, -0.25) is 0 Å². The lowest BCUT2D eigenvalue weighted by Gasteiger charge is -2.09. The van der Waals surface area contributed by atoms with Crippen molar-refractivity contribution in [1.29, 1.82) is 0 Å². The molecule has 3 N–H and O–H groups in total. The zero-order valence-electron chi connectivity index (χ0n) is 8.51. The van der Waals surface area contributed by atoms with Gasteiger partial charge in [-0.15, -0.1) is 0 Å². The first-order valence-electron chi connectivity index (χ1n) is 4.91. The molecule has 2 aromatic rings. The number of nitrogens with one attached hydrogen (secondary N) is 2. The van der Waals surface area contributed by atoms with Crippen LogP contribution in [-0.2, 0) is 0 Å². The van der Waals surface area contributed by atoms with Gasteiger partial charge in [-0.1, -0.05) is 11.6 Å². The van der Waals surface area contributed by atoms with E-state index in [1.807, 2.05) is 6.07 Å². The molecule has 1 aliphatic rings. The molecular formula is C9H8ClN5OS. The Labute approximate surface area is 106 Å². The van der Waals surface area contributed by atoms with Crippen LogP contribution in [0.15, 0.2) is 17.1 Å². The summed E-state index contributed by atoms with van der Waals surface area (Å²) in [6.45, 7) is 0.325. The number of aliphatic imine (C=N–C) groups is 1. The van der Waals surface area contributed by atoms with Crippen molar-refractivity contribution in [2.75, 3.05) is 11.9 Å². The first-order chi connectivity index (χ1) is 8.24. The molecule has 8 heteroatoms. The predicted molar refractivity (Wildman–Crippen MR) is 67.5 cm³/mol. The fraction of sp³-hybridized carbons (Fsp3) is 0.222. The second-order valence-electron chi connectivity index (χ2n) is 3.53. The first kappa shape index (κ1) is 10.7. The van der Waals surface area contributed by atoms with Crippen LogP contribution in [0.5, 0.6) is 0 Å². The van der Waals surface area contributed by atoms with Gasteiger partial charge in [0.05, 0.1) is 29.0 Å². The van der Waals surface area contributed by atoms with Gasteiger partial charge in [0.1, 0.15) is 17.3 Å². The molecule has 88 valence electrons. The van der Waals surface area contributed by atoms with Gasteiger partial charge in [-0.2, -0.15) is 8.75 Å². The highest BCUT2D eigenvalue weighted by atomic mass is 35.5. The highest BCUT2D eigenvalue weighted by molar-refractivity contribution is 7.00. The van der Waals surface area contributed by atoms with Crippen molar-refractivity contribution in [3.8, 4) is 0 Å². The Morgan fingerprint density at radius 2 is 2.35 bits per heavy atom. The molecule has 1 unspecified atom stereocenters. The van der Waals surface area contributed by atoms with Crippen molar-refractivity contribution < 1.29 is 5.11 Å². The number of anilines is 1. The van der Waals surface area contributed by atoms with E-state index in [4.69, 9.17) is 11.6 Å². The van der Waals surface area contributed by atoms with E-state index in [9.17, 15) is 5.11 Å². The van der Waals surface area contributed by atoms with E-state index in [0.717, 1.165) is 17.2 Å². The summed E-state index contributed by atoms with van der Waals surface area (Å²) in [5.74, 6) is 0.486. The number of guanidine groups is 1. The molecule has 17 heavy (non-hydrogen) atoms. The Hall–Kier alpha value is -1.44. The van der Waals surface area contributed by atoms with Gasteiger partial charge in [0.15, 0.2) is 5.96 Å². The van der Waals surface area contributed by atoms with Crippen molar-refractivity contribution in [2.24, 2.45) is 4.99 Å². The maximum atomic E-state index is 9.30. The Morgan fingerprint density at radius 1 is 1.47 bits per heavy atom. The Bertz CT molecular complexity index is 598. The van der Waals surface area contributed by atoms with Crippen molar-refractivity contribution in [1.82, 2.24) is 14.1 Å². The lowest BCUT2D eigenvalue weighted by Crippen LogP contribution is -2.34. The molecule has 6 nitrogen and oxygen atoms in total. The van der Waals surface area contributed by atoms with Crippen LogP contribution in [0.4, 0.5) is 5.69 Å². The van der Waals surface area contributed by atoms with Gasteiger partial charge in [0, 0.05) is 0 Å². The average Bonchev–Trinajstić information content (AvgIpc) is 2.91. The Kier molecular flexibility index (Phi) is 2.58. The summed E-state index contributed by atoms with van der Waals surface area (Å²) in [4.78, 5) is 4.09. The van der Waals surface area contributed by atoms with Crippen LogP contribution in [0.2, 0.25) is 5.02 Å². The minimum absolute atomic E-state index is 0.325. The van der Waals surface area contributed by atoms with Crippen molar-refractivity contribution in [2.45, 2.75) is 6.23 Å². The average molecular weight is 270 g/mol. The molecule has 0 bridgehead atoms. The highest BCUT2D eigenvalue weighted by Crippen LogP contribution is 2.29. The van der Waals surface area contributed by atoms with Crippen LogP contribution in [0.1, 0.15) is 0 Å². The van der Waals surface area contributed by atoms with Crippen molar-refractivity contribution in [3.05, 3.63) is 17.2 Å². The van der Waals surface area contributed by atoms with Gasteiger partial charge in [0.25, 0.3) is 0 Å². The van der Waals surface area contributed by atoms with Gasteiger partial charge in [-0.25, -0.2) is 4.99 Å². The number of aliphatic hydroxyl groups excluding tert-OH is 1. The maximum absolute atomic E-state index is 9.30. The highest BCUT2D eigenvalue weighted by Gasteiger charge is 2.17. The summed E-state index contributed by atoms with van der Waals surface area (Å²) < 4.78 is 8.31. The lowest BCUT2D eigenvalue weighted by atomic mass is 10.2. The third-order valence-electron chi connectivity index (χ3n) is 2.35. The number of benzene rings is 1. The number of rotatable bonds is 1. The number of aromatic nitrogens is 2. The summed E-state index contributed by atoms with van der Waals surface area (Å²) in [7, 11) is 0. The van der Waals surface area contributed by atoms with E-state index < -0.39 is 6.23 Å². The quantitative estimate of drug-likeness (QED) is 0.720. The molecule has 0 spiro atoms. The fourth-order valence-corrected chi connectivity index (χ4v) is 2.31. The monoisotopic (exact) mass is 269 g/mol. The zero-order chi connectivity index (χ0) is 11.8. The van der Waals surface area contributed by atoms with Crippen LogP contribution < -0.4 is 10.6 Å². The minimum atomic E-state index is -0.649. The number of hydrogen-bond acceptors (Lipinski definition) is 7. The molecule has 0 aliphatic carbocycles. The van der Waals surface area contributed by atoms with Crippen molar-refractivity contribution >= 4 is 46.0 Å². The number of halogens is 1. The molecule has 0 amide bonds. The van der Waals surface area contributed by atoms with E-state index in [1.54, 1.807) is 6.07 Å². The zero-order valence-corrected chi connectivity index (χ0v) is 10.1. The molecule has 0 fully saturated rings. The second-order valence-corrected chi connectivity index (χ2v) is 4.46. The van der Waals surface area contributed by atoms with Crippen molar-refractivity contribution in [3.63, 3.8) is 0 Å². The van der Waals surface area contributed by atoms with E-state index in [0.29, 0.717) is 28.7 Å². The summed E-state index contributed by atoms with van der Waals surface area (Å²) >= 11 is 7.23. The molecule has 2 heterocycles. The predicted octanol–water partition coefficient (Wildman–Crippen LogP) is 1.03. The topological polar surface area (TPSA) is 82.4 Å². The number of fused-ring (bicyclic) bond motifs is 1. The molecule has 3 rings (SSSR count). The largest absolute Gasteiger partial charge is 0.372 e. The molecule has 1 aromatic carbocycles. The second kappa shape index (κ2) is 4.10. The van der Waals surface area contributed by atoms with E-state index in [1.165, 1.54) is 0 Å².